The summed E-state index contributed by atoms with van der Waals surface area (Å²) in [7, 11) is 1.71. The fraction of sp³-hybridized carbons (Fsp3) is 0.250. The van der Waals surface area contributed by atoms with E-state index in [2.05, 4.69) is 22.8 Å². The van der Waals surface area contributed by atoms with E-state index >= 15 is 0 Å². The van der Waals surface area contributed by atoms with Crippen LogP contribution in [0.3, 0.4) is 0 Å². The van der Waals surface area contributed by atoms with E-state index in [1.807, 2.05) is 30.3 Å². The molecule has 23 heavy (non-hydrogen) atoms. The first kappa shape index (κ1) is 13.9. The minimum atomic E-state index is 0.745. The van der Waals surface area contributed by atoms with Crippen LogP contribution in [0.15, 0.2) is 42.5 Å². The van der Waals surface area contributed by atoms with Crippen molar-refractivity contribution in [3.63, 3.8) is 0 Å². The summed E-state index contributed by atoms with van der Waals surface area (Å²) < 4.78 is 7.83. The molecule has 0 saturated heterocycles. The van der Waals surface area contributed by atoms with Crippen LogP contribution in [-0.2, 0) is 19.4 Å². The molecule has 114 valence electrons. The van der Waals surface area contributed by atoms with Gasteiger partial charge in [-0.3, -0.25) is 0 Å². The van der Waals surface area contributed by atoms with E-state index in [1.54, 1.807) is 7.11 Å². The number of rotatable bonds is 3. The van der Waals surface area contributed by atoms with Gasteiger partial charge in [0.1, 0.15) is 11.8 Å². The maximum Gasteiger partial charge on any atom is 0.123 e. The number of ether oxygens (including phenoxy) is 1. The van der Waals surface area contributed by atoms with Crippen molar-refractivity contribution in [2.75, 3.05) is 7.11 Å². The molecule has 0 unspecified atom stereocenters. The summed E-state index contributed by atoms with van der Waals surface area (Å²) in [6, 6.07) is 16.5. The monoisotopic (exact) mass is 302 g/mol. The summed E-state index contributed by atoms with van der Waals surface area (Å²) in [6.45, 7) is 0.745. The molecule has 1 aliphatic rings. The standard InChI is InChI=1S/C20H18N2O/c1-23-19-11-3-2-6-15(19)13-22-18-10-5-8-16(18)17-9-4-7-14(12-21)20(17)22/h2-4,6-7,9,11H,5,8,10,13H2,1H3. The van der Waals surface area contributed by atoms with Gasteiger partial charge in [0.15, 0.2) is 0 Å². The van der Waals surface area contributed by atoms with E-state index in [0.717, 1.165) is 41.8 Å². The average Bonchev–Trinajstić information content (AvgIpc) is 3.18. The molecule has 4 rings (SSSR count). The molecule has 0 radical (unpaired) electrons. The first-order valence-corrected chi connectivity index (χ1v) is 7.98. The summed E-state index contributed by atoms with van der Waals surface area (Å²) in [5, 5.41) is 10.8. The number of nitriles is 1. The third-order valence-electron chi connectivity index (χ3n) is 4.79. The van der Waals surface area contributed by atoms with Gasteiger partial charge >= 0.3 is 0 Å². The van der Waals surface area contributed by atoms with Gasteiger partial charge in [0.05, 0.1) is 24.7 Å². The highest BCUT2D eigenvalue weighted by Crippen LogP contribution is 2.35. The highest BCUT2D eigenvalue weighted by molar-refractivity contribution is 5.90. The maximum atomic E-state index is 9.53. The Morgan fingerprint density at radius 1 is 1.13 bits per heavy atom. The lowest BCUT2D eigenvalue weighted by Gasteiger charge is -2.13. The van der Waals surface area contributed by atoms with Crippen molar-refractivity contribution in [2.45, 2.75) is 25.8 Å². The summed E-state index contributed by atoms with van der Waals surface area (Å²) in [6.07, 6.45) is 3.40. The van der Waals surface area contributed by atoms with E-state index in [0.29, 0.717) is 0 Å². The molecule has 1 heterocycles. The van der Waals surface area contributed by atoms with Crippen LogP contribution < -0.4 is 4.74 Å². The molecule has 3 aromatic rings. The lowest BCUT2D eigenvalue weighted by Crippen LogP contribution is -2.06. The lowest BCUT2D eigenvalue weighted by molar-refractivity contribution is 0.408. The van der Waals surface area contributed by atoms with Crippen molar-refractivity contribution in [3.05, 3.63) is 64.8 Å². The van der Waals surface area contributed by atoms with Gasteiger partial charge in [-0.1, -0.05) is 30.3 Å². The van der Waals surface area contributed by atoms with Gasteiger partial charge in [-0.15, -0.1) is 0 Å². The van der Waals surface area contributed by atoms with Crippen LogP contribution in [0.4, 0.5) is 0 Å². The Morgan fingerprint density at radius 3 is 2.83 bits per heavy atom. The number of nitrogens with zero attached hydrogens (tertiary/aromatic N) is 2. The van der Waals surface area contributed by atoms with E-state index in [1.165, 1.54) is 23.1 Å². The minimum Gasteiger partial charge on any atom is -0.496 e. The molecule has 0 saturated carbocycles. The van der Waals surface area contributed by atoms with E-state index in [4.69, 9.17) is 4.74 Å². The third kappa shape index (κ3) is 2.10. The van der Waals surface area contributed by atoms with Gasteiger partial charge in [-0.25, -0.2) is 0 Å². The van der Waals surface area contributed by atoms with Crippen molar-refractivity contribution in [2.24, 2.45) is 0 Å². The molecule has 3 heteroatoms. The topological polar surface area (TPSA) is 38.0 Å². The molecule has 0 fully saturated rings. The van der Waals surface area contributed by atoms with Gasteiger partial charge in [0.25, 0.3) is 0 Å². The second-order valence-electron chi connectivity index (χ2n) is 5.99. The Hall–Kier alpha value is -2.73. The predicted octanol–water partition coefficient (Wildman–Crippen LogP) is 4.06. The van der Waals surface area contributed by atoms with Crippen LogP contribution in [0.25, 0.3) is 10.9 Å². The normalized spacial score (nSPS) is 13.0. The van der Waals surface area contributed by atoms with Crippen LogP contribution in [-0.4, -0.2) is 11.7 Å². The molecular weight excluding hydrogens is 284 g/mol. The Labute approximate surface area is 135 Å². The Morgan fingerprint density at radius 2 is 2.00 bits per heavy atom. The predicted molar refractivity (Wildman–Crippen MR) is 90.8 cm³/mol. The molecule has 0 bridgehead atoms. The fourth-order valence-corrected chi connectivity index (χ4v) is 3.80. The highest BCUT2D eigenvalue weighted by atomic mass is 16.5. The molecular formula is C20H18N2O. The molecule has 0 amide bonds. The van der Waals surface area contributed by atoms with Gasteiger partial charge in [-0.05, 0) is 37.0 Å². The number of aryl methyl sites for hydroxylation is 1. The van der Waals surface area contributed by atoms with E-state index in [9.17, 15) is 5.26 Å². The molecule has 0 spiro atoms. The molecule has 1 aromatic heterocycles. The quantitative estimate of drug-likeness (QED) is 0.732. The van der Waals surface area contributed by atoms with Crippen molar-refractivity contribution >= 4 is 10.9 Å². The second kappa shape index (κ2) is 5.48. The molecule has 1 aliphatic carbocycles. The zero-order valence-electron chi connectivity index (χ0n) is 13.2. The van der Waals surface area contributed by atoms with Crippen LogP contribution in [0.1, 0.15) is 28.8 Å². The lowest BCUT2D eigenvalue weighted by atomic mass is 10.1. The second-order valence-corrected chi connectivity index (χ2v) is 5.99. The van der Waals surface area contributed by atoms with Crippen LogP contribution in [0, 0.1) is 11.3 Å². The van der Waals surface area contributed by atoms with E-state index < -0.39 is 0 Å². The zero-order chi connectivity index (χ0) is 15.8. The zero-order valence-corrected chi connectivity index (χ0v) is 13.2. The van der Waals surface area contributed by atoms with Crippen LogP contribution in [0.5, 0.6) is 5.75 Å². The average molecular weight is 302 g/mol. The van der Waals surface area contributed by atoms with Gasteiger partial charge < -0.3 is 9.30 Å². The number of methoxy groups -OCH3 is 1. The Balaban J connectivity index is 1.95. The molecule has 0 aliphatic heterocycles. The minimum absolute atomic E-state index is 0.745. The summed E-state index contributed by atoms with van der Waals surface area (Å²) >= 11 is 0. The smallest absolute Gasteiger partial charge is 0.123 e. The number of para-hydroxylation sites is 2. The molecule has 3 nitrogen and oxygen atoms in total. The fourth-order valence-electron chi connectivity index (χ4n) is 3.80. The van der Waals surface area contributed by atoms with Crippen molar-refractivity contribution in [1.29, 1.82) is 5.26 Å². The van der Waals surface area contributed by atoms with Crippen LogP contribution in [0.2, 0.25) is 0 Å². The summed E-state index contributed by atoms with van der Waals surface area (Å²) in [4.78, 5) is 0. The van der Waals surface area contributed by atoms with Gasteiger partial charge in [0, 0.05) is 16.6 Å². The largest absolute Gasteiger partial charge is 0.496 e. The highest BCUT2D eigenvalue weighted by Gasteiger charge is 2.23. The van der Waals surface area contributed by atoms with Gasteiger partial charge in [0.2, 0.25) is 0 Å². The van der Waals surface area contributed by atoms with E-state index in [-0.39, 0.29) is 0 Å². The number of fused-ring (bicyclic) bond motifs is 3. The number of benzene rings is 2. The first-order chi connectivity index (χ1) is 11.3. The molecule has 2 aromatic carbocycles. The SMILES string of the molecule is COc1ccccc1Cn1c2c(c3cccc(C#N)c31)CCC2. The number of aromatic nitrogens is 1. The number of hydrogen-bond acceptors (Lipinski definition) is 2. The van der Waals surface area contributed by atoms with Gasteiger partial charge in [-0.2, -0.15) is 5.26 Å². The molecule has 0 N–H and O–H groups in total. The maximum absolute atomic E-state index is 9.53. The van der Waals surface area contributed by atoms with Crippen molar-refractivity contribution in [1.82, 2.24) is 4.57 Å². The number of hydrogen-bond donors (Lipinski definition) is 0. The molecule has 0 atom stereocenters. The summed E-state index contributed by atoms with van der Waals surface area (Å²) in [5.74, 6) is 0.899. The third-order valence-corrected chi connectivity index (χ3v) is 4.79. The summed E-state index contributed by atoms with van der Waals surface area (Å²) in [5.41, 5.74) is 5.78. The first-order valence-electron chi connectivity index (χ1n) is 7.98. The Bertz CT molecular complexity index is 931. The van der Waals surface area contributed by atoms with Crippen LogP contribution >= 0.6 is 0 Å². The Kier molecular flexibility index (Phi) is 3.31. The van der Waals surface area contributed by atoms with Crippen molar-refractivity contribution < 1.29 is 4.74 Å². The van der Waals surface area contributed by atoms with Crippen molar-refractivity contribution in [3.8, 4) is 11.8 Å².